The quantitative estimate of drug-likeness (QED) is 0.0921. The van der Waals surface area contributed by atoms with Gasteiger partial charge < -0.3 is 23.4 Å². The fraction of sp³-hybridized carbons (Fsp3) is 0.360. The molecule has 2 atom stereocenters. The molecule has 5 aromatic rings. The van der Waals surface area contributed by atoms with Crippen LogP contribution in [0.1, 0.15) is 58.3 Å². The van der Waals surface area contributed by atoms with E-state index in [0.717, 1.165) is 36.5 Å². The van der Waals surface area contributed by atoms with Crippen molar-refractivity contribution in [3.63, 3.8) is 0 Å². The second-order valence-corrected chi connectivity index (χ2v) is 22.7. The van der Waals surface area contributed by atoms with Crippen molar-refractivity contribution in [1.29, 1.82) is 0 Å². The van der Waals surface area contributed by atoms with Gasteiger partial charge in [-0.15, -0.1) is 6.58 Å². The van der Waals surface area contributed by atoms with Gasteiger partial charge in [-0.2, -0.15) is 0 Å². The smallest absolute Gasteiger partial charge is 0.264 e. The highest BCUT2D eigenvalue weighted by Gasteiger charge is 2.40. The number of rotatable bonds is 12. The van der Waals surface area contributed by atoms with Gasteiger partial charge in [0.15, 0.2) is 0 Å². The molecule has 61 heavy (non-hydrogen) atoms. The summed E-state index contributed by atoms with van der Waals surface area (Å²) in [5, 5.41) is 0.0223. The molecule has 4 aromatic carbocycles. The van der Waals surface area contributed by atoms with Crippen LogP contribution in [0, 0.1) is 5.82 Å². The van der Waals surface area contributed by atoms with E-state index in [-0.39, 0.29) is 29.0 Å². The molecule has 0 aliphatic carbocycles. The van der Waals surface area contributed by atoms with Gasteiger partial charge in [0.05, 0.1) is 37.2 Å². The Kier molecular flexibility index (Phi) is 12.2. The van der Waals surface area contributed by atoms with Gasteiger partial charge in [0.2, 0.25) is 8.32 Å². The maximum atomic E-state index is 15.6. The molecule has 3 aliphatic rings. The Bertz CT molecular complexity index is 2390. The Morgan fingerprint density at radius 1 is 0.885 bits per heavy atom. The second-order valence-electron chi connectivity index (χ2n) is 17.9. The number of fused-ring (bicyclic) bond motifs is 2. The lowest BCUT2D eigenvalue weighted by Crippen LogP contribution is -2.52. The number of halogens is 1. The zero-order chi connectivity index (χ0) is 42.9. The Labute approximate surface area is 360 Å². The molecule has 0 spiro atoms. The fourth-order valence-corrected chi connectivity index (χ4v) is 9.59. The fourth-order valence-electron chi connectivity index (χ4n) is 8.56. The molecular weight excluding hydrogens is 784 g/mol. The third-order valence-electron chi connectivity index (χ3n) is 12.9. The highest BCUT2D eigenvalue weighted by atomic mass is 28.4. The molecule has 4 heterocycles. The molecule has 318 valence electrons. The predicted molar refractivity (Wildman–Crippen MR) is 242 cm³/mol. The molecule has 0 bridgehead atoms. The molecule has 0 unspecified atom stereocenters. The zero-order valence-corrected chi connectivity index (χ0v) is 37.0. The standard InChI is InChI=1S/C50H57FN4O5Si/c1-7-25-59-42-30-46-45(49(57)55(38-15-9-8-10-16-38)39-18-20-41(21-19-39)60-61(5,6)50(2,3)4)31-47(54(46)34-42)44-29-37(51)17-22-43(44)48(56)53-32-36-14-12-11-13-35(36)28-40(53)33-52-23-26-58-27-24-52/h7-22,29,31,40,42H,1,23-28,30,32-34H2,2-6H3/t40-,42+/m0/s1. The molecule has 11 heteroatoms. The van der Waals surface area contributed by atoms with Crippen LogP contribution in [-0.4, -0.2) is 86.1 Å². The molecule has 0 radical (unpaired) electrons. The molecule has 9 nitrogen and oxygen atoms in total. The summed E-state index contributed by atoms with van der Waals surface area (Å²) in [5.41, 5.74) is 6.38. The number of amides is 2. The number of nitrogens with zero attached hydrogens (tertiary/aromatic N) is 4. The Morgan fingerprint density at radius 3 is 2.28 bits per heavy atom. The number of anilines is 2. The first-order chi connectivity index (χ1) is 29.3. The maximum absolute atomic E-state index is 15.6. The van der Waals surface area contributed by atoms with Gasteiger partial charge in [-0.3, -0.25) is 19.4 Å². The lowest BCUT2D eigenvalue weighted by Gasteiger charge is -2.40. The third-order valence-corrected chi connectivity index (χ3v) is 17.2. The van der Waals surface area contributed by atoms with Gasteiger partial charge in [-0.05, 0) is 96.3 Å². The summed E-state index contributed by atoms with van der Waals surface area (Å²) < 4.78 is 36.1. The maximum Gasteiger partial charge on any atom is 0.264 e. The summed E-state index contributed by atoms with van der Waals surface area (Å²) in [7, 11) is -2.11. The van der Waals surface area contributed by atoms with Gasteiger partial charge in [-0.25, -0.2) is 4.39 Å². The molecular formula is C50H57FN4O5Si. The Morgan fingerprint density at radius 2 is 1.57 bits per heavy atom. The van der Waals surface area contributed by atoms with Crippen molar-refractivity contribution in [2.24, 2.45) is 0 Å². The van der Waals surface area contributed by atoms with Crippen molar-refractivity contribution >= 4 is 31.5 Å². The molecule has 0 saturated carbocycles. The van der Waals surface area contributed by atoms with Crippen molar-refractivity contribution in [3.05, 3.63) is 150 Å². The van der Waals surface area contributed by atoms with E-state index in [2.05, 4.69) is 63.5 Å². The number of carbonyl (C=O) groups excluding carboxylic acids is 2. The van der Waals surface area contributed by atoms with E-state index in [1.54, 1.807) is 17.0 Å². The second kappa shape index (κ2) is 17.6. The van der Waals surface area contributed by atoms with Crippen LogP contribution in [0.25, 0.3) is 11.3 Å². The van der Waals surface area contributed by atoms with Crippen LogP contribution in [-0.2, 0) is 35.4 Å². The molecule has 8 rings (SSSR count). The number of hydrogen-bond donors (Lipinski definition) is 0. The number of ether oxygens (including phenoxy) is 2. The zero-order valence-electron chi connectivity index (χ0n) is 36.0. The first kappa shape index (κ1) is 42.4. The summed E-state index contributed by atoms with van der Waals surface area (Å²) in [6.07, 6.45) is 2.64. The molecule has 1 fully saturated rings. The average Bonchev–Trinajstić information content (AvgIpc) is 3.82. The van der Waals surface area contributed by atoms with Crippen LogP contribution in [0.15, 0.2) is 116 Å². The molecule has 1 aromatic heterocycles. The minimum Gasteiger partial charge on any atom is -0.544 e. The summed E-state index contributed by atoms with van der Waals surface area (Å²) >= 11 is 0. The van der Waals surface area contributed by atoms with Crippen molar-refractivity contribution in [2.75, 3.05) is 44.4 Å². The minimum absolute atomic E-state index is 0.0223. The van der Waals surface area contributed by atoms with Gasteiger partial charge in [-0.1, -0.05) is 69.3 Å². The average molecular weight is 841 g/mol. The van der Waals surface area contributed by atoms with E-state index in [9.17, 15) is 0 Å². The van der Waals surface area contributed by atoms with E-state index in [0.29, 0.717) is 79.6 Å². The predicted octanol–water partition coefficient (Wildman–Crippen LogP) is 9.68. The Balaban J connectivity index is 1.19. The molecule has 1 saturated heterocycles. The van der Waals surface area contributed by atoms with Gasteiger partial charge in [0, 0.05) is 73.4 Å². The topological polar surface area (TPSA) is 76.5 Å². The molecule has 2 amide bonds. The van der Waals surface area contributed by atoms with Gasteiger partial charge in [0.1, 0.15) is 11.6 Å². The first-order valence-corrected chi connectivity index (χ1v) is 24.3. The summed E-state index contributed by atoms with van der Waals surface area (Å²) in [5.74, 6) is -0.120. The van der Waals surface area contributed by atoms with Crippen LogP contribution >= 0.6 is 0 Å². The number of aromatic nitrogens is 1. The highest BCUT2D eigenvalue weighted by molar-refractivity contribution is 6.74. The van der Waals surface area contributed by atoms with E-state index < -0.39 is 14.1 Å². The number of carbonyl (C=O) groups is 2. The van der Waals surface area contributed by atoms with Crippen molar-refractivity contribution in [1.82, 2.24) is 14.4 Å². The normalized spacial score (nSPS) is 18.0. The monoisotopic (exact) mass is 840 g/mol. The number of morpholine rings is 1. The highest BCUT2D eigenvalue weighted by Crippen LogP contribution is 2.40. The SMILES string of the molecule is C=CCO[C@@H]1Cc2c(C(=O)N(c3ccccc3)c3ccc(O[Si](C)(C)C(C)(C)C)cc3)cc(-c3cc(F)ccc3C(=O)N3Cc4ccccc4C[C@H]3CN3CCOCC3)n2C1. The van der Waals surface area contributed by atoms with Crippen molar-refractivity contribution in [2.45, 2.75) is 77.0 Å². The van der Waals surface area contributed by atoms with E-state index in [1.807, 2.05) is 76.2 Å². The van der Waals surface area contributed by atoms with Gasteiger partial charge >= 0.3 is 0 Å². The van der Waals surface area contributed by atoms with Crippen molar-refractivity contribution in [3.8, 4) is 17.0 Å². The minimum atomic E-state index is -2.11. The number of para-hydroxylation sites is 1. The van der Waals surface area contributed by atoms with Crippen LogP contribution in [0.3, 0.4) is 0 Å². The van der Waals surface area contributed by atoms with Crippen LogP contribution in [0.5, 0.6) is 5.75 Å². The lowest BCUT2D eigenvalue weighted by atomic mass is 9.92. The number of hydrogen-bond acceptors (Lipinski definition) is 6. The molecule has 0 N–H and O–H groups in total. The number of benzene rings is 4. The van der Waals surface area contributed by atoms with E-state index in [4.69, 9.17) is 13.9 Å². The summed E-state index contributed by atoms with van der Waals surface area (Å²) in [6, 6.07) is 31.7. The molecule has 3 aliphatic heterocycles. The summed E-state index contributed by atoms with van der Waals surface area (Å²) in [4.78, 5) is 36.4. The third kappa shape index (κ3) is 8.88. The summed E-state index contributed by atoms with van der Waals surface area (Å²) in [6.45, 7) is 19.8. The van der Waals surface area contributed by atoms with E-state index >= 15 is 14.0 Å². The van der Waals surface area contributed by atoms with Crippen LogP contribution < -0.4 is 9.33 Å². The largest absolute Gasteiger partial charge is 0.544 e. The Hall–Kier alpha value is -5.33. The van der Waals surface area contributed by atoms with Crippen LogP contribution in [0.4, 0.5) is 15.8 Å². The lowest BCUT2D eigenvalue weighted by molar-refractivity contribution is 0.0193. The van der Waals surface area contributed by atoms with E-state index in [1.165, 1.54) is 17.7 Å². The van der Waals surface area contributed by atoms with Crippen LogP contribution in [0.2, 0.25) is 18.1 Å². The van der Waals surface area contributed by atoms with Crippen molar-refractivity contribution < 1.29 is 27.9 Å². The van der Waals surface area contributed by atoms with Gasteiger partial charge in [0.25, 0.3) is 11.8 Å². The first-order valence-electron chi connectivity index (χ1n) is 21.4.